The average molecular weight is 603 g/mol. The molecule has 0 radical (unpaired) electrons. The fraction of sp³-hybridized carbons (Fsp3) is 0.194. The second-order valence-corrected chi connectivity index (χ2v) is 12.4. The molecule has 0 bridgehead atoms. The Kier molecular flexibility index (Phi) is 6.94. The monoisotopic (exact) mass is 602 g/mol. The molecule has 3 heterocycles. The molecule has 1 aromatic heterocycles. The minimum absolute atomic E-state index is 0.00859. The van der Waals surface area contributed by atoms with Crippen LogP contribution in [0, 0.1) is 13.8 Å². The summed E-state index contributed by atoms with van der Waals surface area (Å²) in [5.41, 5.74) is 5.90. The number of carbonyl (C=O) groups is 2. The molecule has 1 fully saturated rings. The largest absolute Gasteiger partial charge is 0.507 e. The maximum absolute atomic E-state index is 13.8. The van der Waals surface area contributed by atoms with Gasteiger partial charge >= 0.3 is 5.91 Å². The van der Waals surface area contributed by atoms with E-state index < -0.39 is 17.7 Å². The number of hydrogen-bond donors (Lipinski definition) is 1. The number of amides is 1. The van der Waals surface area contributed by atoms with Crippen molar-refractivity contribution in [2.24, 2.45) is 0 Å². The van der Waals surface area contributed by atoms with E-state index in [2.05, 4.69) is 0 Å². The predicted molar refractivity (Wildman–Crippen MR) is 171 cm³/mol. The van der Waals surface area contributed by atoms with Gasteiger partial charge in [0.15, 0.2) is 5.13 Å². The van der Waals surface area contributed by atoms with E-state index in [1.165, 1.54) is 16.2 Å². The van der Waals surface area contributed by atoms with Gasteiger partial charge in [0.25, 0.3) is 5.78 Å². The summed E-state index contributed by atoms with van der Waals surface area (Å²) in [6.07, 6.45) is 0.720. The number of benzene rings is 4. The quantitative estimate of drug-likeness (QED) is 0.123. The Balaban J connectivity index is 1.36. The average Bonchev–Trinajstić information content (AvgIpc) is 3.68. The highest BCUT2D eigenvalue weighted by molar-refractivity contribution is 7.22. The zero-order valence-corrected chi connectivity index (χ0v) is 25.4. The second kappa shape index (κ2) is 11.0. The summed E-state index contributed by atoms with van der Waals surface area (Å²) in [6.45, 7) is 6.34. The minimum atomic E-state index is -0.916. The van der Waals surface area contributed by atoms with Crippen molar-refractivity contribution in [3.8, 4) is 11.5 Å². The van der Waals surface area contributed by atoms with Crippen LogP contribution in [0.4, 0.5) is 5.13 Å². The molecule has 8 heteroatoms. The van der Waals surface area contributed by atoms with Gasteiger partial charge in [-0.05, 0) is 85.0 Å². The molecule has 1 N–H and O–H groups in total. The summed E-state index contributed by atoms with van der Waals surface area (Å²) in [4.78, 5) is 33.9. The first kappa shape index (κ1) is 27.9. The van der Waals surface area contributed by atoms with Crippen LogP contribution < -0.4 is 14.4 Å². The highest BCUT2D eigenvalue weighted by Crippen LogP contribution is 2.45. The van der Waals surface area contributed by atoms with Crippen LogP contribution in [-0.2, 0) is 22.6 Å². The van der Waals surface area contributed by atoms with Crippen LogP contribution in [0.3, 0.4) is 0 Å². The first-order valence-electron chi connectivity index (χ1n) is 14.5. The van der Waals surface area contributed by atoms with Gasteiger partial charge in [-0.15, -0.1) is 0 Å². The topological polar surface area (TPSA) is 89.0 Å². The molecule has 44 heavy (non-hydrogen) atoms. The van der Waals surface area contributed by atoms with Crippen LogP contribution in [-0.4, -0.2) is 27.9 Å². The Hall–Kier alpha value is -4.95. The van der Waals surface area contributed by atoms with Gasteiger partial charge in [-0.25, -0.2) is 4.98 Å². The second-order valence-electron chi connectivity index (χ2n) is 11.4. The maximum atomic E-state index is 13.8. The lowest BCUT2D eigenvalue weighted by atomic mass is 9.94. The van der Waals surface area contributed by atoms with Crippen molar-refractivity contribution in [3.63, 3.8) is 0 Å². The number of anilines is 1. The summed E-state index contributed by atoms with van der Waals surface area (Å²) in [5, 5.41) is 12.1. The molecular formula is C36H30N2O5S. The van der Waals surface area contributed by atoms with Crippen molar-refractivity contribution in [1.82, 2.24) is 4.98 Å². The molecule has 0 aliphatic carbocycles. The maximum Gasteiger partial charge on any atom is 0.301 e. The van der Waals surface area contributed by atoms with E-state index in [4.69, 9.17) is 14.5 Å². The summed E-state index contributed by atoms with van der Waals surface area (Å²) in [6, 6.07) is 25.7. The number of aliphatic hydroxyl groups is 1. The van der Waals surface area contributed by atoms with Crippen LogP contribution in [0.25, 0.3) is 16.0 Å². The molecule has 2 aliphatic rings. The van der Waals surface area contributed by atoms with Crippen molar-refractivity contribution in [2.75, 3.05) is 4.90 Å². The SMILES string of the molecule is Cc1cc(C)c2nc(N3C(=O)C(=O)C(=C(O)c4ccc5c(c4)C[C@@H](C)O5)[C@H]3c3cccc(OCc4ccccc4)c3)sc2c1. The number of ketones is 1. The van der Waals surface area contributed by atoms with Gasteiger partial charge in [0.05, 0.1) is 21.8 Å². The van der Waals surface area contributed by atoms with E-state index in [0.29, 0.717) is 35.0 Å². The number of hydrogen-bond acceptors (Lipinski definition) is 7. The fourth-order valence-electron chi connectivity index (χ4n) is 6.05. The Morgan fingerprint density at radius 3 is 2.66 bits per heavy atom. The van der Waals surface area contributed by atoms with E-state index in [-0.39, 0.29) is 17.4 Å². The van der Waals surface area contributed by atoms with E-state index in [9.17, 15) is 14.7 Å². The number of ether oxygens (including phenoxy) is 2. The molecule has 7 nitrogen and oxygen atoms in total. The Morgan fingerprint density at radius 1 is 1.02 bits per heavy atom. The highest BCUT2D eigenvalue weighted by atomic mass is 32.1. The number of fused-ring (bicyclic) bond motifs is 2. The summed E-state index contributed by atoms with van der Waals surface area (Å²) < 4.78 is 12.9. The number of nitrogens with zero attached hydrogens (tertiary/aromatic N) is 2. The number of aromatic nitrogens is 1. The van der Waals surface area contributed by atoms with E-state index in [0.717, 1.165) is 38.2 Å². The van der Waals surface area contributed by atoms with Crippen LogP contribution in [0.15, 0.2) is 90.5 Å². The molecule has 0 saturated carbocycles. The normalized spacial score (nSPS) is 18.9. The Bertz CT molecular complexity index is 1980. The molecule has 0 spiro atoms. The zero-order chi connectivity index (χ0) is 30.5. The van der Waals surface area contributed by atoms with E-state index in [1.807, 2.05) is 93.6 Å². The molecule has 5 aromatic rings. The van der Waals surface area contributed by atoms with Gasteiger partial charge in [-0.3, -0.25) is 14.5 Å². The molecular weight excluding hydrogens is 572 g/mol. The third kappa shape index (κ3) is 4.91. The summed E-state index contributed by atoms with van der Waals surface area (Å²) in [7, 11) is 0. The molecule has 2 aliphatic heterocycles. The smallest absolute Gasteiger partial charge is 0.301 e. The molecule has 1 amide bonds. The standard InChI is InChI=1S/C36H30N2O5S/c1-20-14-21(2)31-29(15-20)44-36(37-31)38-32(24-10-7-11-27(18-24)42-19-23-8-5-4-6-9-23)30(34(40)35(38)41)33(39)25-12-13-28-26(17-25)16-22(3)43-28/h4-15,17-18,22,32,39H,16,19H2,1-3H3/t22-,32-/m1/s1. The number of Topliss-reactive ketones (excluding diaryl/α,β-unsaturated/α-hetero) is 1. The van der Waals surface area contributed by atoms with Crippen LogP contribution >= 0.6 is 11.3 Å². The number of rotatable bonds is 6. The van der Waals surface area contributed by atoms with Gasteiger partial charge in [0.2, 0.25) is 0 Å². The zero-order valence-electron chi connectivity index (χ0n) is 24.5. The van der Waals surface area contributed by atoms with Gasteiger partial charge in [-0.2, -0.15) is 0 Å². The molecule has 4 aromatic carbocycles. The molecule has 220 valence electrons. The third-order valence-electron chi connectivity index (χ3n) is 8.06. The summed E-state index contributed by atoms with van der Waals surface area (Å²) >= 11 is 1.35. The summed E-state index contributed by atoms with van der Waals surface area (Å²) in [5.74, 6) is -0.396. The van der Waals surface area contributed by atoms with Gasteiger partial charge in [0.1, 0.15) is 30.0 Å². The van der Waals surface area contributed by atoms with Crippen molar-refractivity contribution < 1.29 is 24.2 Å². The van der Waals surface area contributed by atoms with E-state index in [1.54, 1.807) is 12.1 Å². The lowest BCUT2D eigenvalue weighted by molar-refractivity contribution is -0.132. The van der Waals surface area contributed by atoms with Crippen molar-refractivity contribution >= 4 is 44.1 Å². The number of thiazole rings is 1. The molecule has 7 rings (SSSR count). The van der Waals surface area contributed by atoms with E-state index >= 15 is 0 Å². The van der Waals surface area contributed by atoms with Crippen LogP contribution in [0.2, 0.25) is 0 Å². The first-order chi connectivity index (χ1) is 21.3. The van der Waals surface area contributed by atoms with Crippen molar-refractivity contribution in [2.45, 2.75) is 45.9 Å². The molecule has 0 unspecified atom stereocenters. The van der Waals surface area contributed by atoms with Crippen LogP contribution in [0.1, 0.15) is 46.3 Å². The number of aryl methyl sites for hydroxylation is 2. The first-order valence-corrected chi connectivity index (χ1v) is 15.3. The lowest BCUT2D eigenvalue weighted by Crippen LogP contribution is -2.29. The number of carbonyl (C=O) groups excluding carboxylic acids is 2. The Morgan fingerprint density at radius 2 is 1.84 bits per heavy atom. The highest BCUT2D eigenvalue weighted by Gasteiger charge is 2.48. The van der Waals surface area contributed by atoms with Gasteiger partial charge in [0, 0.05) is 12.0 Å². The van der Waals surface area contributed by atoms with Crippen molar-refractivity contribution in [1.29, 1.82) is 0 Å². The van der Waals surface area contributed by atoms with Crippen molar-refractivity contribution in [3.05, 3.63) is 124 Å². The van der Waals surface area contributed by atoms with Gasteiger partial charge < -0.3 is 14.6 Å². The Labute approximate surface area is 259 Å². The molecule has 2 atom stereocenters. The fourth-order valence-corrected chi connectivity index (χ4v) is 7.22. The number of aliphatic hydroxyl groups excluding tert-OH is 1. The lowest BCUT2D eigenvalue weighted by Gasteiger charge is -2.23. The van der Waals surface area contributed by atoms with Crippen LogP contribution in [0.5, 0.6) is 11.5 Å². The minimum Gasteiger partial charge on any atom is -0.507 e. The predicted octanol–water partition coefficient (Wildman–Crippen LogP) is 7.44. The molecule has 1 saturated heterocycles. The van der Waals surface area contributed by atoms with Gasteiger partial charge in [-0.1, -0.05) is 59.9 Å². The third-order valence-corrected chi connectivity index (χ3v) is 9.06.